The highest BCUT2D eigenvalue weighted by Crippen LogP contribution is 2.23. The third-order valence-electron chi connectivity index (χ3n) is 2.83. The Labute approximate surface area is 107 Å². The predicted molar refractivity (Wildman–Crippen MR) is 73.4 cm³/mol. The second kappa shape index (κ2) is 4.91. The average molecular weight is 246 g/mol. The molecule has 17 heavy (non-hydrogen) atoms. The van der Waals surface area contributed by atoms with Crippen molar-refractivity contribution in [3.8, 4) is 0 Å². The maximum absolute atomic E-state index is 6.26. The summed E-state index contributed by atoms with van der Waals surface area (Å²) in [7, 11) is 0. The minimum Gasteiger partial charge on any atom is -0.320 e. The molecular weight excluding hydrogens is 230 g/mol. The summed E-state index contributed by atoms with van der Waals surface area (Å²) >= 11 is 5.87. The van der Waals surface area contributed by atoms with E-state index >= 15 is 0 Å². The molecule has 0 saturated heterocycles. The van der Waals surface area contributed by atoms with Crippen LogP contribution in [0.15, 0.2) is 42.5 Å². The van der Waals surface area contributed by atoms with Gasteiger partial charge in [0.05, 0.1) is 6.04 Å². The van der Waals surface area contributed by atoms with E-state index in [4.69, 9.17) is 17.3 Å². The highest BCUT2D eigenvalue weighted by molar-refractivity contribution is 6.30. The minimum atomic E-state index is -0.0918. The van der Waals surface area contributed by atoms with Crippen LogP contribution in [0, 0.1) is 13.8 Å². The summed E-state index contributed by atoms with van der Waals surface area (Å²) in [6.07, 6.45) is 0. The molecule has 0 aliphatic carbocycles. The van der Waals surface area contributed by atoms with E-state index in [1.807, 2.05) is 24.3 Å². The standard InChI is InChI=1S/C15H16ClN/c1-10-7-11(2)9-13(8-10)15(17)12-3-5-14(16)6-4-12/h3-9,15H,17H2,1-2H3. The second-order valence-corrected chi connectivity index (χ2v) is 4.89. The van der Waals surface area contributed by atoms with E-state index in [0.29, 0.717) is 0 Å². The molecule has 2 aromatic carbocycles. The van der Waals surface area contributed by atoms with E-state index in [-0.39, 0.29) is 6.04 Å². The lowest BCUT2D eigenvalue weighted by atomic mass is 9.96. The Hall–Kier alpha value is -1.31. The predicted octanol–water partition coefficient (Wildman–Crippen LogP) is 4.00. The topological polar surface area (TPSA) is 26.0 Å². The van der Waals surface area contributed by atoms with Crippen molar-refractivity contribution in [1.82, 2.24) is 0 Å². The lowest BCUT2D eigenvalue weighted by Crippen LogP contribution is -2.12. The summed E-state index contributed by atoms with van der Waals surface area (Å²) < 4.78 is 0. The van der Waals surface area contributed by atoms with Crippen LogP contribution in [0.4, 0.5) is 0 Å². The van der Waals surface area contributed by atoms with Crippen molar-refractivity contribution in [2.45, 2.75) is 19.9 Å². The zero-order valence-corrected chi connectivity index (χ0v) is 10.8. The molecule has 2 N–H and O–H groups in total. The lowest BCUT2D eigenvalue weighted by Gasteiger charge is -2.14. The van der Waals surface area contributed by atoms with E-state index in [2.05, 4.69) is 32.0 Å². The Morgan fingerprint density at radius 3 is 1.94 bits per heavy atom. The smallest absolute Gasteiger partial charge is 0.0551 e. The first-order chi connectivity index (χ1) is 8.06. The van der Waals surface area contributed by atoms with E-state index in [0.717, 1.165) is 16.1 Å². The molecule has 2 heteroatoms. The fourth-order valence-electron chi connectivity index (χ4n) is 2.05. The second-order valence-electron chi connectivity index (χ2n) is 4.45. The number of hydrogen-bond donors (Lipinski definition) is 1. The van der Waals surface area contributed by atoms with Crippen molar-refractivity contribution in [1.29, 1.82) is 0 Å². The van der Waals surface area contributed by atoms with Crippen molar-refractivity contribution in [3.05, 3.63) is 69.7 Å². The molecule has 2 rings (SSSR count). The Morgan fingerprint density at radius 2 is 1.41 bits per heavy atom. The number of nitrogens with two attached hydrogens (primary N) is 1. The molecule has 0 amide bonds. The highest BCUT2D eigenvalue weighted by atomic mass is 35.5. The van der Waals surface area contributed by atoms with Gasteiger partial charge in [0, 0.05) is 5.02 Å². The zero-order valence-electron chi connectivity index (χ0n) is 10.1. The maximum atomic E-state index is 6.26. The molecule has 1 atom stereocenters. The Kier molecular flexibility index (Phi) is 3.51. The number of hydrogen-bond acceptors (Lipinski definition) is 1. The van der Waals surface area contributed by atoms with Crippen LogP contribution in [0.1, 0.15) is 28.3 Å². The summed E-state index contributed by atoms with van der Waals surface area (Å²) in [5.74, 6) is 0. The summed E-state index contributed by atoms with van der Waals surface area (Å²) in [6.45, 7) is 4.18. The first-order valence-corrected chi connectivity index (χ1v) is 6.03. The van der Waals surface area contributed by atoms with Gasteiger partial charge in [-0.1, -0.05) is 53.1 Å². The average Bonchev–Trinajstić information content (AvgIpc) is 2.28. The van der Waals surface area contributed by atoms with Gasteiger partial charge < -0.3 is 5.73 Å². The molecule has 1 unspecified atom stereocenters. The van der Waals surface area contributed by atoms with Crippen molar-refractivity contribution in [2.24, 2.45) is 5.73 Å². The van der Waals surface area contributed by atoms with Gasteiger partial charge in [-0.3, -0.25) is 0 Å². The van der Waals surface area contributed by atoms with Crippen molar-refractivity contribution >= 4 is 11.6 Å². The van der Waals surface area contributed by atoms with Gasteiger partial charge in [-0.2, -0.15) is 0 Å². The number of rotatable bonds is 2. The lowest BCUT2D eigenvalue weighted by molar-refractivity contribution is 0.868. The summed E-state index contributed by atoms with van der Waals surface area (Å²) in [6, 6.07) is 14.0. The SMILES string of the molecule is Cc1cc(C)cc(C(N)c2ccc(Cl)cc2)c1. The quantitative estimate of drug-likeness (QED) is 0.850. The molecule has 0 aliphatic heterocycles. The molecule has 0 saturated carbocycles. The van der Waals surface area contributed by atoms with E-state index < -0.39 is 0 Å². The summed E-state index contributed by atoms with van der Waals surface area (Å²) in [5, 5.41) is 0.737. The summed E-state index contributed by atoms with van der Waals surface area (Å²) in [4.78, 5) is 0. The van der Waals surface area contributed by atoms with Crippen LogP contribution in [0.25, 0.3) is 0 Å². The van der Waals surface area contributed by atoms with E-state index in [1.165, 1.54) is 11.1 Å². The molecule has 0 aliphatic rings. The van der Waals surface area contributed by atoms with Gasteiger partial charge >= 0.3 is 0 Å². The first kappa shape index (κ1) is 12.2. The molecule has 2 aromatic rings. The fourth-order valence-corrected chi connectivity index (χ4v) is 2.18. The van der Waals surface area contributed by atoms with Gasteiger partial charge in [-0.05, 0) is 37.1 Å². The van der Waals surface area contributed by atoms with Gasteiger partial charge in [-0.25, -0.2) is 0 Å². The highest BCUT2D eigenvalue weighted by Gasteiger charge is 2.09. The molecule has 0 fully saturated rings. The van der Waals surface area contributed by atoms with Crippen LogP contribution in [0.3, 0.4) is 0 Å². The van der Waals surface area contributed by atoms with Gasteiger partial charge in [0.15, 0.2) is 0 Å². The number of benzene rings is 2. The molecule has 0 spiro atoms. The summed E-state index contributed by atoms with van der Waals surface area (Å²) in [5.41, 5.74) is 11.0. The van der Waals surface area contributed by atoms with Gasteiger partial charge in [0.2, 0.25) is 0 Å². The Morgan fingerprint density at radius 1 is 0.882 bits per heavy atom. The zero-order chi connectivity index (χ0) is 12.4. The van der Waals surface area contributed by atoms with Crippen molar-refractivity contribution in [3.63, 3.8) is 0 Å². The Bertz CT molecular complexity index is 497. The Balaban J connectivity index is 2.36. The largest absolute Gasteiger partial charge is 0.320 e. The number of aryl methyl sites for hydroxylation is 2. The third-order valence-corrected chi connectivity index (χ3v) is 3.08. The monoisotopic (exact) mass is 245 g/mol. The van der Waals surface area contributed by atoms with Gasteiger partial charge in [0.25, 0.3) is 0 Å². The van der Waals surface area contributed by atoms with Crippen LogP contribution in [-0.4, -0.2) is 0 Å². The van der Waals surface area contributed by atoms with Crippen LogP contribution in [0.5, 0.6) is 0 Å². The van der Waals surface area contributed by atoms with E-state index in [1.54, 1.807) is 0 Å². The molecule has 0 aromatic heterocycles. The van der Waals surface area contributed by atoms with E-state index in [9.17, 15) is 0 Å². The number of halogens is 1. The van der Waals surface area contributed by atoms with Crippen molar-refractivity contribution in [2.75, 3.05) is 0 Å². The fraction of sp³-hybridized carbons (Fsp3) is 0.200. The first-order valence-electron chi connectivity index (χ1n) is 5.65. The molecule has 0 bridgehead atoms. The molecule has 1 nitrogen and oxygen atoms in total. The van der Waals surface area contributed by atoms with Crippen LogP contribution in [-0.2, 0) is 0 Å². The van der Waals surface area contributed by atoms with Crippen molar-refractivity contribution < 1.29 is 0 Å². The van der Waals surface area contributed by atoms with Gasteiger partial charge in [0.1, 0.15) is 0 Å². The van der Waals surface area contributed by atoms with Crippen LogP contribution in [0.2, 0.25) is 5.02 Å². The minimum absolute atomic E-state index is 0.0918. The maximum Gasteiger partial charge on any atom is 0.0551 e. The van der Waals surface area contributed by atoms with Crippen LogP contribution >= 0.6 is 11.6 Å². The molecule has 88 valence electrons. The molecule has 0 heterocycles. The molecule has 0 radical (unpaired) electrons. The van der Waals surface area contributed by atoms with Crippen LogP contribution < -0.4 is 5.73 Å². The normalized spacial score (nSPS) is 12.5. The van der Waals surface area contributed by atoms with Gasteiger partial charge in [-0.15, -0.1) is 0 Å². The molecular formula is C15H16ClN. The third kappa shape index (κ3) is 2.87.